The number of methoxy groups -OCH3 is 1. The second-order valence-corrected chi connectivity index (χ2v) is 7.32. The average molecular weight is 430 g/mol. The summed E-state index contributed by atoms with van der Waals surface area (Å²) in [5.74, 6) is 2.50. The van der Waals surface area contributed by atoms with Gasteiger partial charge in [-0.05, 0) is 47.5 Å². The lowest BCUT2D eigenvalue weighted by Crippen LogP contribution is -2.16. The van der Waals surface area contributed by atoms with Gasteiger partial charge in [-0.2, -0.15) is 0 Å². The van der Waals surface area contributed by atoms with Gasteiger partial charge in [0, 0.05) is 23.8 Å². The summed E-state index contributed by atoms with van der Waals surface area (Å²) in [6.45, 7) is 4.44. The molecule has 138 valence electrons. The molecule has 0 atom stereocenters. The van der Waals surface area contributed by atoms with Crippen LogP contribution < -0.4 is 14.8 Å². The Labute approximate surface area is 161 Å². The zero-order valence-corrected chi connectivity index (χ0v) is 17.2. The molecule has 2 aromatic rings. The molecule has 0 aliphatic rings. The summed E-state index contributed by atoms with van der Waals surface area (Å²) in [5.41, 5.74) is 1.14. The molecule has 2 rings (SSSR count). The van der Waals surface area contributed by atoms with Crippen LogP contribution in [-0.2, 0) is 13.6 Å². The molecule has 0 radical (unpaired) electrons. The van der Waals surface area contributed by atoms with Crippen LogP contribution in [0.3, 0.4) is 0 Å². The Kier molecular flexibility index (Phi) is 8.50. The van der Waals surface area contributed by atoms with E-state index in [0.717, 1.165) is 58.4 Å². The molecule has 0 saturated heterocycles. The van der Waals surface area contributed by atoms with Crippen LogP contribution in [0.25, 0.3) is 0 Å². The van der Waals surface area contributed by atoms with Crippen molar-refractivity contribution in [2.75, 3.05) is 26.0 Å². The van der Waals surface area contributed by atoms with Crippen molar-refractivity contribution in [2.24, 2.45) is 7.05 Å². The maximum Gasteiger partial charge on any atom is 0.209 e. The number of hydrogen-bond donors (Lipinski definition) is 1. The highest BCUT2D eigenvalue weighted by atomic mass is 79.9. The van der Waals surface area contributed by atoms with E-state index in [-0.39, 0.29) is 0 Å². The summed E-state index contributed by atoms with van der Waals surface area (Å²) >= 11 is 5.27. The maximum absolute atomic E-state index is 5.72. The van der Waals surface area contributed by atoms with E-state index in [1.807, 2.05) is 19.2 Å². The molecule has 0 fully saturated rings. The van der Waals surface area contributed by atoms with Crippen molar-refractivity contribution in [3.63, 3.8) is 0 Å². The Bertz CT molecular complexity index is 668. The lowest BCUT2D eigenvalue weighted by atomic mass is 10.2. The van der Waals surface area contributed by atoms with Crippen molar-refractivity contribution < 1.29 is 9.47 Å². The molecular formula is C16H24BrN5O2S. The summed E-state index contributed by atoms with van der Waals surface area (Å²) < 4.78 is 13.9. The minimum atomic E-state index is 0.680. The molecule has 0 bridgehead atoms. The molecule has 1 aromatic heterocycles. The Morgan fingerprint density at radius 3 is 2.84 bits per heavy atom. The first-order chi connectivity index (χ1) is 12.2. The van der Waals surface area contributed by atoms with Gasteiger partial charge in [-0.3, -0.25) is 0 Å². The fourth-order valence-corrected chi connectivity index (χ4v) is 3.38. The highest BCUT2D eigenvalue weighted by molar-refractivity contribution is 9.10. The number of nitrogens with zero attached hydrogens (tertiary/aromatic N) is 4. The number of rotatable bonds is 11. The number of aryl methyl sites for hydroxylation is 1. The van der Waals surface area contributed by atoms with Gasteiger partial charge in [-0.25, -0.2) is 4.68 Å². The van der Waals surface area contributed by atoms with E-state index < -0.39 is 0 Å². The van der Waals surface area contributed by atoms with E-state index in [0.29, 0.717) is 6.61 Å². The number of aromatic nitrogens is 4. The van der Waals surface area contributed by atoms with Gasteiger partial charge in [0.2, 0.25) is 5.16 Å². The molecule has 0 aliphatic heterocycles. The summed E-state index contributed by atoms with van der Waals surface area (Å²) in [7, 11) is 3.51. The number of halogens is 1. The van der Waals surface area contributed by atoms with Gasteiger partial charge in [0.25, 0.3) is 0 Å². The zero-order chi connectivity index (χ0) is 18.1. The van der Waals surface area contributed by atoms with Crippen molar-refractivity contribution in [1.29, 1.82) is 0 Å². The predicted molar refractivity (Wildman–Crippen MR) is 102 cm³/mol. The summed E-state index contributed by atoms with van der Waals surface area (Å²) in [5, 5.41) is 15.7. The van der Waals surface area contributed by atoms with Gasteiger partial charge in [0.05, 0.1) is 13.7 Å². The van der Waals surface area contributed by atoms with E-state index >= 15 is 0 Å². The van der Waals surface area contributed by atoms with E-state index in [1.54, 1.807) is 23.6 Å². The SMILES string of the molecule is CCCOc1cc(Br)c(CNCCCSc2nnnn2C)cc1OC. The van der Waals surface area contributed by atoms with Gasteiger partial charge < -0.3 is 14.8 Å². The Balaban J connectivity index is 1.77. The number of tetrazole rings is 1. The lowest BCUT2D eigenvalue weighted by molar-refractivity contribution is 0.294. The largest absolute Gasteiger partial charge is 0.493 e. The third-order valence-corrected chi connectivity index (χ3v) is 5.26. The van der Waals surface area contributed by atoms with E-state index in [2.05, 4.69) is 43.7 Å². The molecule has 0 saturated carbocycles. The summed E-state index contributed by atoms with van der Waals surface area (Å²) in [4.78, 5) is 0. The van der Waals surface area contributed by atoms with Crippen LogP contribution in [0.15, 0.2) is 21.8 Å². The fourth-order valence-electron chi connectivity index (χ4n) is 2.12. The van der Waals surface area contributed by atoms with Crippen LogP contribution in [0.5, 0.6) is 11.5 Å². The minimum absolute atomic E-state index is 0.680. The van der Waals surface area contributed by atoms with Crippen molar-refractivity contribution in [3.05, 3.63) is 22.2 Å². The van der Waals surface area contributed by atoms with Crippen LogP contribution >= 0.6 is 27.7 Å². The van der Waals surface area contributed by atoms with E-state index in [1.165, 1.54) is 0 Å². The third kappa shape index (κ3) is 6.16. The maximum atomic E-state index is 5.72. The van der Waals surface area contributed by atoms with Crippen molar-refractivity contribution >= 4 is 27.7 Å². The number of hydrogen-bond acceptors (Lipinski definition) is 7. The van der Waals surface area contributed by atoms with Gasteiger partial charge in [-0.1, -0.05) is 34.6 Å². The lowest BCUT2D eigenvalue weighted by Gasteiger charge is -2.14. The molecule has 9 heteroatoms. The van der Waals surface area contributed by atoms with Gasteiger partial charge in [0.15, 0.2) is 11.5 Å². The van der Waals surface area contributed by atoms with Gasteiger partial charge in [-0.15, -0.1) is 5.10 Å². The van der Waals surface area contributed by atoms with Gasteiger partial charge in [0.1, 0.15) is 0 Å². The topological polar surface area (TPSA) is 74.1 Å². The molecule has 0 spiro atoms. The Morgan fingerprint density at radius 2 is 2.16 bits per heavy atom. The van der Waals surface area contributed by atoms with E-state index in [9.17, 15) is 0 Å². The molecule has 25 heavy (non-hydrogen) atoms. The normalized spacial score (nSPS) is 10.9. The molecule has 1 heterocycles. The fraction of sp³-hybridized carbons (Fsp3) is 0.562. The quantitative estimate of drug-likeness (QED) is 0.434. The van der Waals surface area contributed by atoms with Crippen LogP contribution in [0.4, 0.5) is 0 Å². The molecule has 0 amide bonds. The first-order valence-corrected chi connectivity index (χ1v) is 9.98. The molecule has 0 aliphatic carbocycles. The van der Waals surface area contributed by atoms with Crippen molar-refractivity contribution in [1.82, 2.24) is 25.5 Å². The van der Waals surface area contributed by atoms with Crippen LogP contribution in [0, 0.1) is 0 Å². The molecular weight excluding hydrogens is 406 g/mol. The van der Waals surface area contributed by atoms with Crippen molar-refractivity contribution in [3.8, 4) is 11.5 Å². The Hall–Kier alpha value is -1.32. The molecule has 7 nitrogen and oxygen atoms in total. The van der Waals surface area contributed by atoms with Crippen molar-refractivity contribution in [2.45, 2.75) is 31.5 Å². The standard InChI is InChI=1S/C16H24BrN5O2S/c1-4-7-24-15-10-13(17)12(9-14(15)23-3)11-18-6-5-8-25-16-19-20-21-22(16)2/h9-10,18H,4-8,11H2,1-3H3. The first kappa shape index (κ1) is 20.0. The highest BCUT2D eigenvalue weighted by Gasteiger charge is 2.10. The van der Waals surface area contributed by atoms with Gasteiger partial charge >= 0.3 is 0 Å². The molecule has 0 unspecified atom stereocenters. The number of thioether (sulfide) groups is 1. The van der Waals surface area contributed by atoms with E-state index in [4.69, 9.17) is 9.47 Å². The first-order valence-electron chi connectivity index (χ1n) is 8.20. The molecule has 1 aromatic carbocycles. The van der Waals surface area contributed by atoms with Crippen LogP contribution in [0.1, 0.15) is 25.3 Å². The number of benzene rings is 1. The summed E-state index contributed by atoms with van der Waals surface area (Å²) in [6, 6.07) is 3.99. The summed E-state index contributed by atoms with van der Waals surface area (Å²) in [6.07, 6.45) is 2.00. The smallest absolute Gasteiger partial charge is 0.209 e. The molecule has 1 N–H and O–H groups in total. The zero-order valence-electron chi connectivity index (χ0n) is 14.8. The highest BCUT2D eigenvalue weighted by Crippen LogP contribution is 2.33. The van der Waals surface area contributed by atoms with Crippen LogP contribution in [0.2, 0.25) is 0 Å². The monoisotopic (exact) mass is 429 g/mol. The second-order valence-electron chi connectivity index (χ2n) is 5.41. The number of ether oxygens (including phenoxy) is 2. The predicted octanol–water partition coefficient (Wildman–Crippen LogP) is 3.04. The Morgan fingerprint density at radius 1 is 1.32 bits per heavy atom. The third-order valence-electron chi connectivity index (χ3n) is 3.42. The van der Waals surface area contributed by atoms with Crippen LogP contribution in [-0.4, -0.2) is 46.2 Å². The minimum Gasteiger partial charge on any atom is -0.493 e. The average Bonchev–Trinajstić information content (AvgIpc) is 3.02. The second kappa shape index (κ2) is 10.6. The number of nitrogens with one attached hydrogen (secondary N) is 1.